The number of aromatic nitrogens is 2. The Morgan fingerprint density at radius 3 is 2.46 bits per heavy atom. The average Bonchev–Trinajstić information content (AvgIpc) is 2.86. The number of carbonyl (C=O) groups excluding carboxylic acids is 1. The Kier molecular flexibility index (Phi) is 7.34. The van der Waals surface area contributed by atoms with Gasteiger partial charge in [-0.3, -0.25) is 14.2 Å². The highest BCUT2D eigenvalue weighted by molar-refractivity contribution is 6.30. The van der Waals surface area contributed by atoms with Crippen LogP contribution in [-0.4, -0.2) is 40.6 Å². The molecule has 0 aliphatic heterocycles. The Morgan fingerprint density at radius 1 is 1.06 bits per heavy atom. The van der Waals surface area contributed by atoms with Gasteiger partial charge >= 0.3 is 0 Å². The summed E-state index contributed by atoms with van der Waals surface area (Å²) in [6, 6.07) is 19.4. The molecule has 3 aromatic carbocycles. The predicted molar refractivity (Wildman–Crippen MR) is 140 cm³/mol. The second kappa shape index (κ2) is 10.4. The van der Waals surface area contributed by atoms with Crippen LogP contribution in [-0.2, 0) is 4.74 Å². The van der Waals surface area contributed by atoms with Crippen molar-refractivity contribution in [1.29, 1.82) is 0 Å². The maximum atomic E-state index is 13.7. The maximum absolute atomic E-state index is 13.7. The molecule has 1 heterocycles. The van der Waals surface area contributed by atoms with E-state index in [0.29, 0.717) is 46.2 Å². The monoisotopic (exact) mass is 489 g/mol. The fraction of sp³-hybridized carbons (Fsp3) is 0.250. The summed E-state index contributed by atoms with van der Waals surface area (Å²) in [6.45, 7) is 6.59. The molecule has 1 atom stereocenters. The molecule has 35 heavy (non-hydrogen) atoms. The van der Waals surface area contributed by atoms with E-state index in [2.05, 4.69) is 0 Å². The number of benzene rings is 3. The Hall–Kier alpha value is -3.48. The van der Waals surface area contributed by atoms with Crippen LogP contribution in [0.2, 0.25) is 5.02 Å². The van der Waals surface area contributed by atoms with Crippen molar-refractivity contribution in [3.05, 3.63) is 105 Å². The summed E-state index contributed by atoms with van der Waals surface area (Å²) in [5.41, 5.74) is 3.82. The van der Waals surface area contributed by atoms with Crippen LogP contribution in [0.3, 0.4) is 0 Å². The van der Waals surface area contributed by atoms with Crippen LogP contribution in [0.25, 0.3) is 16.6 Å². The third-order valence-electron chi connectivity index (χ3n) is 6.28. The molecule has 0 saturated carbocycles. The predicted octanol–water partition coefficient (Wildman–Crippen LogP) is 5.51. The molecule has 7 heteroatoms. The Morgan fingerprint density at radius 2 is 1.77 bits per heavy atom. The highest BCUT2D eigenvalue weighted by Gasteiger charge is 2.27. The Bertz CT molecular complexity index is 1430. The number of carbonyl (C=O) groups is 1. The molecule has 180 valence electrons. The molecule has 1 amide bonds. The van der Waals surface area contributed by atoms with Crippen molar-refractivity contribution in [2.45, 2.75) is 26.8 Å². The summed E-state index contributed by atoms with van der Waals surface area (Å²) in [5.74, 6) is 0.288. The van der Waals surface area contributed by atoms with Crippen molar-refractivity contribution in [1.82, 2.24) is 14.5 Å². The SMILES string of the molecule is COCCN(C(=O)c1ccc(Cl)cc1)C(C)c1nc2ccccc2c(=O)n1-c1ccc(C)c(C)c1. The van der Waals surface area contributed by atoms with Gasteiger partial charge in [0.05, 0.1) is 29.2 Å². The zero-order valence-electron chi connectivity index (χ0n) is 20.3. The fourth-order valence-corrected chi connectivity index (χ4v) is 4.23. The average molecular weight is 490 g/mol. The minimum Gasteiger partial charge on any atom is -0.383 e. The maximum Gasteiger partial charge on any atom is 0.266 e. The van der Waals surface area contributed by atoms with E-state index in [4.69, 9.17) is 21.3 Å². The molecule has 0 bridgehead atoms. The number of methoxy groups -OCH3 is 1. The molecule has 4 rings (SSSR count). The van der Waals surface area contributed by atoms with Crippen LogP contribution in [0.5, 0.6) is 0 Å². The molecule has 0 saturated heterocycles. The van der Waals surface area contributed by atoms with E-state index < -0.39 is 6.04 Å². The third-order valence-corrected chi connectivity index (χ3v) is 6.53. The van der Waals surface area contributed by atoms with Gasteiger partial charge in [-0.25, -0.2) is 4.98 Å². The van der Waals surface area contributed by atoms with E-state index in [1.165, 1.54) is 0 Å². The minimum absolute atomic E-state index is 0.175. The number of aryl methyl sites for hydroxylation is 2. The van der Waals surface area contributed by atoms with E-state index in [1.807, 2.05) is 57.2 Å². The molecule has 6 nitrogen and oxygen atoms in total. The molecular formula is C28H28ClN3O3. The summed E-state index contributed by atoms with van der Waals surface area (Å²) < 4.78 is 6.92. The molecule has 0 fully saturated rings. The lowest BCUT2D eigenvalue weighted by molar-refractivity contribution is 0.0605. The van der Waals surface area contributed by atoms with Crippen molar-refractivity contribution < 1.29 is 9.53 Å². The molecule has 1 aromatic heterocycles. The normalized spacial score (nSPS) is 12.0. The molecule has 4 aromatic rings. The van der Waals surface area contributed by atoms with Crippen molar-refractivity contribution in [3.8, 4) is 5.69 Å². The van der Waals surface area contributed by atoms with Crippen molar-refractivity contribution >= 4 is 28.4 Å². The second-order valence-corrected chi connectivity index (χ2v) is 9.01. The molecule has 0 N–H and O–H groups in total. The van der Waals surface area contributed by atoms with Gasteiger partial charge in [-0.15, -0.1) is 0 Å². The zero-order valence-corrected chi connectivity index (χ0v) is 21.0. The summed E-state index contributed by atoms with van der Waals surface area (Å²) >= 11 is 6.03. The van der Waals surface area contributed by atoms with Crippen LogP contribution in [0, 0.1) is 13.8 Å². The van der Waals surface area contributed by atoms with E-state index in [0.717, 1.165) is 11.1 Å². The van der Waals surface area contributed by atoms with E-state index in [-0.39, 0.29) is 11.5 Å². The summed E-state index contributed by atoms with van der Waals surface area (Å²) in [4.78, 5) is 33.9. The van der Waals surface area contributed by atoms with Gasteiger partial charge in [0.25, 0.3) is 11.5 Å². The van der Waals surface area contributed by atoms with Crippen LogP contribution < -0.4 is 5.56 Å². The van der Waals surface area contributed by atoms with Gasteiger partial charge in [0.2, 0.25) is 0 Å². The van der Waals surface area contributed by atoms with Gasteiger partial charge in [0.1, 0.15) is 5.82 Å². The topological polar surface area (TPSA) is 64.4 Å². The van der Waals surface area contributed by atoms with Crippen molar-refractivity contribution in [2.24, 2.45) is 0 Å². The highest BCUT2D eigenvalue weighted by Crippen LogP contribution is 2.25. The first-order chi connectivity index (χ1) is 16.8. The fourth-order valence-electron chi connectivity index (χ4n) is 4.10. The number of para-hydroxylation sites is 1. The molecule has 0 aliphatic rings. The second-order valence-electron chi connectivity index (χ2n) is 8.57. The number of amides is 1. The highest BCUT2D eigenvalue weighted by atomic mass is 35.5. The van der Waals surface area contributed by atoms with Crippen LogP contribution in [0.4, 0.5) is 0 Å². The summed E-state index contributed by atoms with van der Waals surface area (Å²) in [5, 5.41) is 1.08. The van der Waals surface area contributed by atoms with Crippen molar-refractivity contribution in [2.75, 3.05) is 20.3 Å². The van der Waals surface area contributed by atoms with E-state index in [9.17, 15) is 9.59 Å². The zero-order chi connectivity index (χ0) is 25.1. The van der Waals surface area contributed by atoms with Crippen molar-refractivity contribution in [3.63, 3.8) is 0 Å². The van der Waals surface area contributed by atoms with Gasteiger partial charge in [0.15, 0.2) is 0 Å². The number of nitrogens with zero attached hydrogens (tertiary/aromatic N) is 3. The quantitative estimate of drug-likeness (QED) is 0.343. The van der Waals surface area contributed by atoms with Crippen LogP contribution in [0.15, 0.2) is 71.5 Å². The first-order valence-electron chi connectivity index (χ1n) is 11.5. The van der Waals surface area contributed by atoms with Gasteiger partial charge < -0.3 is 9.64 Å². The summed E-state index contributed by atoms with van der Waals surface area (Å²) in [7, 11) is 1.59. The lowest BCUT2D eigenvalue weighted by Crippen LogP contribution is -2.39. The number of fused-ring (bicyclic) bond motifs is 1. The third kappa shape index (κ3) is 4.99. The lowest BCUT2D eigenvalue weighted by Gasteiger charge is -2.30. The first kappa shape index (κ1) is 24.6. The number of rotatable bonds is 7. The van der Waals surface area contributed by atoms with Gasteiger partial charge in [0, 0.05) is 24.2 Å². The van der Waals surface area contributed by atoms with Gasteiger partial charge in [-0.05, 0) is 80.4 Å². The Balaban J connectivity index is 1.91. The molecular weight excluding hydrogens is 462 g/mol. The smallest absolute Gasteiger partial charge is 0.266 e. The number of halogens is 1. The lowest BCUT2D eigenvalue weighted by atomic mass is 10.1. The number of ether oxygens (including phenoxy) is 1. The van der Waals surface area contributed by atoms with Crippen LogP contribution in [0.1, 0.15) is 40.3 Å². The number of hydrogen-bond acceptors (Lipinski definition) is 4. The molecule has 0 spiro atoms. The summed E-state index contributed by atoms with van der Waals surface area (Å²) in [6.07, 6.45) is 0. The molecule has 0 radical (unpaired) electrons. The van der Waals surface area contributed by atoms with E-state index >= 15 is 0 Å². The largest absolute Gasteiger partial charge is 0.383 e. The minimum atomic E-state index is -0.521. The molecule has 1 unspecified atom stereocenters. The first-order valence-corrected chi connectivity index (χ1v) is 11.8. The van der Waals surface area contributed by atoms with Gasteiger partial charge in [-0.1, -0.05) is 29.8 Å². The van der Waals surface area contributed by atoms with Crippen LogP contribution >= 0.6 is 11.6 Å². The van der Waals surface area contributed by atoms with Gasteiger partial charge in [-0.2, -0.15) is 0 Å². The Labute approximate surface area is 209 Å². The number of hydrogen-bond donors (Lipinski definition) is 0. The molecule has 0 aliphatic carbocycles. The standard InChI is InChI=1S/C28H28ClN3O3/c1-18-9-14-23(17-19(18)2)32-26(30-25-8-6-5-7-24(25)28(32)34)20(3)31(15-16-35-4)27(33)21-10-12-22(29)13-11-21/h5-14,17,20H,15-16H2,1-4H3. The van der Waals surface area contributed by atoms with E-state index in [1.54, 1.807) is 46.9 Å².